The first-order valence-electron chi connectivity index (χ1n) is 10.6. The van der Waals surface area contributed by atoms with Gasteiger partial charge >= 0.3 is 0 Å². The molecule has 2 aromatic carbocycles. The molecule has 7 nitrogen and oxygen atoms in total. The molecule has 0 saturated heterocycles. The molecule has 0 bridgehead atoms. The Bertz CT molecular complexity index is 1140. The van der Waals surface area contributed by atoms with Crippen LogP contribution in [-0.4, -0.2) is 46.3 Å². The van der Waals surface area contributed by atoms with E-state index in [2.05, 4.69) is 23.7 Å². The van der Waals surface area contributed by atoms with E-state index in [9.17, 15) is 5.11 Å². The highest BCUT2D eigenvalue weighted by molar-refractivity contribution is 5.59. The van der Waals surface area contributed by atoms with Gasteiger partial charge in [-0.15, -0.1) is 0 Å². The van der Waals surface area contributed by atoms with Crippen LogP contribution in [0.1, 0.15) is 36.5 Å². The lowest BCUT2D eigenvalue weighted by Crippen LogP contribution is -2.34. The summed E-state index contributed by atoms with van der Waals surface area (Å²) in [6, 6.07) is 12.9. The third-order valence-electron chi connectivity index (χ3n) is 5.89. The Balaban J connectivity index is 1.87. The zero-order valence-electron chi connectivity index (χ0n) is 18.1. The quantitative estimate of drug-likeness (QED) is 0.476. The summed E-state index contributed by atoms with van der Waals surface area (Å²) in [5.74, 6) is 1.49. The molecule has 4 rings (SSSR count). The SMILES string of the molecule is CCN(CC)CCn1cnc2c(c1=N)C(c1ccccc1OC)c1ccc(O)cc1O2. The van der Waals surface area contributed by atoms with Crippen LogP contribution in [0.15, 0.2) is 48.8 Å². The van der Waals surface area contributed by atoms with Crippen molar-refractivity contribution in [3.05, 3.63) is 71.0 Å². The van der Waals surface area contributed by atoms with Gasteiger partial charge in [-0.25, -0.2) is 4.98 Å². The Morgan fingerprint density at radius 2 is 1.94 bits per heavy atom. The topological polar surface area (TPSA) is 83.6 Å². The number of phenols is 1. The molecule has 0 spiro atoms. The lowest BCUT2D eigenvalue weighted by Gasteiger charge is -2.29. The number of nitrogens with zero attached hydrogens (tertiary/aromatic N) is 3. The monoisotopic (exact) mass is 420 g/mol. The minimum absolute atomic E-state index is 0.122. The van der Waals surface area contributed by atoms with E-state index in [1.165, 1.54) is 0 Å². The van der Waals surface area contributed by atoms with Gasteiger partial charge in [0.2, 0.25) is 5.88 Å². The van der Waals surface area contributed by atoms with Crippen molar-refractivity contribution in [1.29, 1.82) is 5.41 Å². The summed E-state index contributed by atoms with van der Waals surface area (Å²) in [6.07, 6.45) is 1.66. The fraction of sp³-hybridized carbons (Fsp3) is 0.333. The highest BCUT2D eigenvalue weighted by atomic mass is 16.5. The van der Waals surface area contributed by atoms with Gasteiger partial charge in [-0.05, 0) is 25.2 Å². The van der Waals surface area contributed by atoms with E-state index in [4.69, 9.17) is 14.9 Å². The van der Waals surface area contributed by atoms with Gasteiger partial charge in [0.25, 0.3) is 0 Å². The minimum atomic E-state index is -0.295. The molecule has 0 radical (unpaired) electrons. The molecule has 1 atom stereocenters. The second-order valence-corrected chi connectivity index (χ2v) is 7.53. The molecule has 0 saturated carbocycles. The van der Waals surface area contributed by atoms with E-state index < -0.39 is 0 Å². The molecule has 1 aromatic heterocycles. The van der Waals surface area contributed by atoms with E-state index in [0.29, 0.717) is 29.2 Å². The van der Waals surface area contributed by atoms with Crippen LogP contribution in [0.5, 0.6) is 23.1 Å². The Hall–Kier alpha value is -3.32. The van der Waals surface area contributed by atoms with E-state index in [1.807, 2.05) is 34.9 Å². The van der Waals surface area contributed by atoms with Crippen molar-refractivity contribution in [3.63, 3.8) is 0 Å². The zero-order valence-corrected chi connectivity index (χ0v) is 18.1. The Morgan fingerprint density at radius 1 is 1.16 bits per heavy atom. The van der Waals surface area contributed by atoms with Crippen molar-refractivity contribution in [2.24, 2.45) is 0 Å². The molecule has 0 amide bonds. The number of aromatic hydroxyl groups is 1. The number of aromatic nitrogens is 2. The third-order valence-corrected chi connectivity index (χ3v) is 5.89. The van der Waals surface area contributed by atoms with Gasteiger partial charge < -0.3 is 24.0 Å². The van der Waals surface area contributed by atoms with E-state index in [0.717, 1.165) is 36.5 Å². The van der Waals surface area contributed by atoms with Gasteiger partial charge in [0.1, 0.15) is 29.1 Å². The van der Waals surface area contributed by atoms with Crippen LogP contribution in [0.4, 0.5) is 0 Å². The molecule has 0 aliphatic carbocycles. The largest absolute Gasteiger partial charge is 0.508 e. The average molecular weight is 421 g/mol. The van der Waals surface area contributed by atoms with Crippen molar-refractivity contribution in [1.82, 2.24) is 14.5 Å². The summed E-state index contributed by atoms with van der Waals surface area (Å²) in [6.45, 7) is 7.72. The number of hydrogen-bond acceptors (Lipinski definition) is 6. The van der Waals surface area contributed by atoms with Crippen molar-refractivity contribution in [2.45, 2.75) is 26.3 Å². The maximum absolute atomic E-state index is 9.99. The summed E-state index contributed by atoms with van der Waals surface area (Å²) >= 11 is 0. The second kappa shape index (κ2) is 8.81. The third kappa shape index (κ3) is 3.88. The number of phenolic OH excluding ortho intramolecular Hbond substituents is 1. The number of para-hydroxylation sites is 1. The molecule has 3 aromatic rings. The van der Waals surface area contributed by atoms with Crippen molar-refractivity contribution in [2.75, 3.05) is 26.7 Å². The number of likely N-dealkylation sites (N-methyl/N-ethyl adjacent to an activating group) is 1. The van der Waals surface area contributed by atoms with Crippen molar-refractivity contribution < 1.29 is 14.6 Å². The van der Waals surface area contributed by atoms with Crippen LogP contribution in [-0.2, 0) is 6.54 Å². The number of benzene rings is 2. The fourth-order valence-corrected chi connectivity index (χ4v) is 4.14. The predicted octanol–water partition coefficient (Wildman–Crippen LogP) is 3.70. The Kier molecular flexibility index (Phi) is 5.95. The predicted molar refractivity (Wildman–Crippen MR) is 118 cm³/mol. The molecule has 2 N–H and O–H groups in total. The van der Waals surface area contributed by atoms with E-state index >= 15 is 0 Å². The summed E-state index contributed by atoms with van der Waals surface area (Å²) in [5, 5.41) is 19.0. The molecular formula is C24H28N4O3. The molecular weight excluding hydrogens is 392 g/mol. The lowest BCUT2D eigenvalue weighted by atomic mass is 9.83. The van der Waals surface area contributed by atoms with Crippen LogP contribution in [0.2, 0.25) is 0 Å². The molecule has 2 heterocycles. The van der Waals surface area contributed by atoms with Gasteiger partial charge in [0.05, 0.1) is 18.6 Å². The average Bonchev–Trinajstić information content (AvgIpc) is 2.79. The second-order valence-electron chi connectivity index (χ2n) is 7.53. The molecule has 1 unspecified atom stereocenters. The normalized spacial score (nSPS) is 14.6. The minimum Gasteiger partial charge on any atom is -0.508 e. The first kappa shape index (κ1) is 20.9. The highest BCUT2D eigenvalue weighted by Gasteiger charge is 2.33. The highest BCUT2D eigenvalue weighted by Crippen LogP contribution is 2.47. The van der Waals surface area contributed by atoms with Crippen LogP contribution in [0.3, 0.4) is 0 Å². The standard InChI is InChI=1S/C24H28N4O3/c1-4-27(5-2)12-13-28-15-26-24-22(23(28)25)21(17-8-6-7-9-19(17)30-3)18-11-10-16(29)14-20(18)31-24/h6-11,14-15,21,25,29H,4-5,12-13H2,1-3H3. The summed E-state index contributed by atoms with van der Waals surface area (Å²) in [4.78, 5) is 6.87. The summed E-state index contributed by atoms with van der Waals surface area (Å²) < 4.78 is 13.5. The molecule has 0 fully saturated rings. The number of nitrogens with one attached hydrogen (secondary N) is 1. The smallest absolute Gasteiger partial charge is 0.228 e. The first-order valence-corrected chi connectivity index (χ1v) is 10.6. The van der Waals surface area contributed by atoms with Crippen molar-refractivity contribution >= 4 is 0 Å². The van der Waals surface area contributed by atoms with Crippen LogP contribution < -0.4 is 15.0 Å². The first-order chi connectivity index (χ1) is 15.1. The summed E-state index contributed by atoms with van der Waals surface area (Å²) in [5.41, 5.74) is 2.86. The van der Waals surface area contributed by atoms with Gasteiger partial charge in [-0.1, -0.05) is 38.1 Å². The van der Waals surface area contributed by atoms with Gasteiger partial charge in [-0.3, -0.25) is 5.41 Å². The van der Waals surface area contributed by atoms with Crippen molar-refractivity contribution in [3.8, 4) is 23.1 Å². The fourth-order valence-electron chi connectivity index (χ4n) is 4.14. The number of methoxy groups -OCH3 is 1. The maximum Gasteiger partial charge on any atom is 0.228 e. The van der Waals surface area contributed by atoms with E-state index in [-0.39, 0.29) is 11.7 Å². The van der Waals surface area contributed by atoms with Crippen LogP contribution >= 0.6 is 0 Å². The zero-order chi connectivity index (χ0) is 22.0. The summed E-state index contributed by atoms with van der Waals surface area (Å²) in [7, 11) is 1.64. The number of hydrogen-bond donors (Lipinski definition) is 2. The Labute approximate surface area is 182 Å². The lowest BCUT2D eigenvalue weighted by molar-refractivity contribution is 0.286. The maximum atomic E-state index is 9.99. The molecule has 31 heavy (non-hydrogen) atoms. The van der Waals surface area contributed by atoms with Gasteiger partial charge in [-0.2, -0.15) is 0 Å². The van der Waals surface area contributed by atoms with E-state index in [1.54, 1.807) is 25.6 Å². The molecule has 1 aliphatic heterocycles. The Morgan fingerprint density at radius 3 is 2.68 bits per heavy atom. The van der Waals surface area contributed by atoms with Crippen LogP contribution in [0, 0.1) is 5.41 Å². The van der Waals surface area contributed by atoms with Gasteiger partial charge in [0.15, 0.2) is 0 Å². The van der Waals surface area contributed by atoms with Crippen LogP contribution in [0.25, 0.3) is 0 Å². The number of rotatable bonds is 7. The number of ether oxygens (including phenoxy) is 2. The van der Waals surface area contributed by atoms with Gasteiger partial charge in [0, 0.05) is 30.3 Å². The number of fused-ring (bicyclic) bond motifs is 2. The molecule has 162 valence electrons. The molecule has 1 aliphatic rings. The molecule has 7 heteroatoms.